The van der Waals surface area contributed by atoms with Crippen LogP contribution in [0, 0.1) is 11.3 Å². The first-order valence-electron chi connectivity index (χ1n) is 10.4. The summed E-state index contributed by atoms with van der Waals surface area (Å²) in [5.41, 5.74) is 1.66. The number of aromatic amines is 1. The van der Waals surface area contributed by atoms with Gasteiger partial charge >= 0.3 is 5.69 Å². The third-order valence-corrected chi connectivity index (χ3v) is 7.20. The van der Waals surface area contributed by atoms with Crippen LogP contribution in [0.15, 0.2) is 29.1 Å². The Morgan fingerprint density at radius 3 is 2.78 bits per heavy atom. The van der Waals surface area contributed by atoms with Crippen LogP contribution in [0.4, 0.5) is 0 Å². The van der Waals surface area contributed by atoms with Crippen LogP contribution in [-0.2, 0) is 4.79 Å². The molecule has 0 bridgehead atoms. The summed E-state index contributed by atoms with van der Waals surface area (Å²) in [5.74, 6) is 0.870. The summed E-state index contributed by atoms with van der Waals surface area (Å²) in [4.78, 5) is 31.0. The van der Waals surface area contributed by atoms with E-state index in [-0.39, 0.29) is 17.1 Å². The van der Waals surface area contributed by atoms with Gasteiger partial charge in [-0.25, -0.2) is 4.79 Å². The lowest BCUT2D eigenvalue weighted by Crippen LogP contribution is -2.52. The first kappa shape index (κ1) is 17.0. The molecule has 0 radical (unpaired) electrons. The first-order chi connectivity index (χ1) is 13.2. The summed E-state index contributed by atoms with van der Waals surface area (Å²) < 4.78 is 1.90. The topological polar surface area (TPSA) is 70.1 Å². The fourth-order valence-electron chi connectivity index (χ4n) is 5.75. The molecular formula is C21H28N4O2. The van der Waals surface area contributed by atoms with Crippen LogP contribution in [0.25, 0.3) is 11.0 Å². The zero-order valence-corrected chi connectivity index (χ0v) is 15.7. The molecule has 1 aliphatic carbocycles. The Morgan fingerprint density at radius 2 is 1.93 bits per heavy atom. The number of nitrogens with one attached hydrogen (secondary N) is 2. The quantitative estimate of drug-likeness (QED) is 0.854. The maximum Gasteiger partial charge on any atom is 0.326 e. The molecule has 3 aliphatic rings. The molecule has 3 heterocycles. The Bertz CT molecular complexity index is 908. The summed E-state index contributed by atoms with van der Waals surface area (Å²) in [6.45, 7) is 3.35. The van der Waals surface area contributed by atoms with E-state index in [1.807, 2.05) is 28.8 Å². The van der Waals surface area contributed by atoms with Crippen LogP contribution < -0.4 is 11.0 Å². The molecule has 1 saturated carbocycles. The van der Waals surface area contributed by atoms with Crippen LogP contribution in [0.5, 0.6) is 0 Å². The SMILES string of the molecule is O=C(N1CCC(n2c(=O)[nH]c3ccccc32)CC1)[C@@]12CCCC[C@H]1CNC2. The van der Waals surface area contributed by atoms with Crippen LogP contribution in [0.3, 0.4) is 0 Å². The van der Waals surface area contributed by atoms with Crippen molar-refractivity contribution in [1.82, 2.24) is 19.8 Å². The first-order valence-corrected chi connectivity index (χ1v) is 10.4. The van der Waals surface area contributed by atoms with Gasteiger partial charge in [0.2, 0.25) is 5.91 Å². The molecule has 0 unspecified atom stereocenters. The maximum absolute atomic E-state index is 13.4. The third-order valence-electron chi connectivity index (χ3n) is 7.20. The van der Waals surface area contributed by atoms with Crippen molar-refractivity contribution in [3.8, 4) is 0 Å². The fourth-order valence-corrected chi connectivity index (χ4v) is 5.75. The average Bonchev–Trinajstić information content (AvgIpc) is 3.28. The molecule has 2 aromatic rings. The molecule has 2 aliphatic heterocycles. The molecule has 2 atom stereocenters. The van der Waals surface area contributed by atoms with Gasteiger partial charge in [-0.3, -0.25) is 9.36 Å². The van der Waals surface area contributed by atoms with Gasteiger partial charge in [0.05, 0.1) is 16.4 Å². The highest BCUT2D eigenvalue weighted by atomic mass is 16.2. The van der Waals surface area contributed by atoms with Gasteiger partial charge in [-0.1, -0.05) is 25.0 Å². The van der Waals surface area contributed by atoms with E-state index in [1.54, 1.807) is 0 Å². The molecule has 6 heteroatoms. The van der Waals surface area contributed by atoms with E-state index >= 15 is 0 Å². The number of imidazole rings is 1. The number of hydrogen-bond acceptors (Lipinski definition) is 3. The van der Waals surface area contributed by atoms with Crippen molar-refractivity contribution in [2.75, 3.05) is 26.2 Å². The minimum Gasteiger partial charge on any atom is -0.342 e. The number of carbonyl (C=O) groups excluding carboxylic acids is 1. The smallest absolute Gasteiger partial charge is 0.326 e. The molecule has 6 nitrogen and oxygen atoms in total. The summed E-state index contributed by atoms with van der Waals surface area (Å²) in [5, 5.41) is 3.49. The van der Waals surface area contributed by atoms with Crippen LogP contribution in [0.2, 0.25) is 0 Å². The molecule has 1 aromatic carbocycles. The number of H-pyrrole nitrogens is 1. The predicted octanol–water partition coefficient (Wildman–Crippen LogP) is 2.27. The second-order valence-electron chi connectivity index (χ2n) is 8.57. The summed E-state index contributed by atoms with van der Waals surface area (Å²) in [6, 6.07) is 8.03. The average molecular weight is 368 g/mol. The minimum atomic E-state index is -0.164. The highest BCUT2D eigenvalue weighted by Crippen LogP contribution is 2.45. The zero-order valence-electron chi connectivity index (χ0n) is 15.7. The Morgan fingerprint density at radius 1 is 1.11 bits per heavy atom. The lowest BCUT2D eigenvalue weighted by Gasteiger charge is -2.43. The maximum atomic E-state index is 13.4. The summed E-state index contributed by atoms with van der Waals surface area (Å²) in [7, 11) is 0. The highest BCUT2D eigenvalue weighted by molar-refractivity contribution is 5.84. The predicted molar refractivity (Wildman–Crippen MR) is 105 cm³/mol. The zero-order chi connectivity index (χ0) is 18.4. The molecule has 5 rings (SSSR count). The number of para-hydroxylation sites is 2. The van der Waals surface area contributed by atoms with Gasteiger partial charge in [0.25, 0.3) is 0 Å². The van der Waals surface area contributed by atoms with Gasteiger partial charge in [-0.2, -0.15) is 0 Å². The minimum absolute atomic E-state index is 0.0353. The molecule has 27 heavy (non-hydrogen) atoms. The number of nitrogens with zero attached hydrogens (tertiary/aromatic N) is 2. The molecule has 1 aromatic heterocycles. The molecule has 2 N–H and O–H groups in total. The van der Waals surface area contributed by atoms with Crippen LogP contribution >= 0.6 is 0 Å². The van der Waals surface area contributed by atoms with Gasteiger partial charge in [-0.05, 0) is 50.3 Å². The van der Waals surface area contributed by atoms with E-state index < -0.39 is 0 Å². The second-order valence-corrected chi connectivity index (χ2v) is 8.57. The molecule has 1 amide bonds. The molecular weight excluding hydrogens is 340 g/mol. The van der Waals surface area contributed by atoms with E-state index in [0.29, 0.717) is 11.8 Å². The van der Waals surface area contributed by atoms with Crippen molar-refractivity contribution < 1.29 is 4.79 Å². The van der Waals surface area contributed by atoms with Gasteiger partial charge in [0, 0.05) is 25.7 Å². The number of carbonyl (C=O) groups is 1. The van der Waals surface area contributed by atoms with E-state index in [2.05, 4.69) is 15.2 Å². The lowest BCUT2D eigenvalue weighted by molar-refractivity contribution is -0.146. The number of benzene rings is 1. The third kappa shape index (κ3) is 2.64. The van der Waals surface area contributed by atoms with Crippen LogP contribution in [-0.4, -0.2) is 46.5 Å². The van der Waals surface area contributed by atoms with E-state index in [4.69, 9.17) is 0 Å². The van der Waals surface area contributed by atoms with Gasteiger partial charge in [0.1, 0.15) is 0 Å². The molecule has 2 saturated heterocycles. The number of hydrogen-bond donors (Lipinski definition) is 2. The Hall–Kier alpha value is -2.08. The fraction of sp³-hybridized carbons (Fsp3) is 0.619. The summed E-state index contributed by atoms with van der Waals surface area (Å²) in [6.07, 6.45) is 6.34. The van der Waals surface area contributed by atoms with Crippen LogP contribution in [0.1, 0.15) is 44.6 Å². The Kier molecular flexibility index (Phi) is 4.11. The largest absolute Gasteiger partial charge is 0.342 e. The summed E-state index contributed by atoms with van der Waals surface area (Å²) >= 11 is 0. The number of fused-ring (bicyclic) bond motifs is 2. The van der Waals surface area contributed by atoms with Crippen molar-refractivity contribution in [3.63, 3.8) is 0 Å². The number of aromatic nitrogens is 2. The Labute approximate surface area is 158 Å². The van der Waals surface area contributed by atoms with E-state index in [9.17, 15) is 9.59 Å². The standard InChI is InChI=1S/C21H28N4O2/c26-19(21-10-4-3-5-15(21)13-22-14-21)24-11-8-16(9-12-24)25-18-7-2-1-6-17(18)23-20(25)27/h1-2,6-7,15-16,22H,3-5,8-14H2,(H,23,27)/t15-,21+/m0/s1. The van der Waals surface area contributed by atoms with E-state index in [1.165, 1.54) is 19.3 Å². The number of likely N-dealkylation sites (tertiary alicyclic amines) is 1. The second kappa shape index (κ2) is 6.51. The van der Waals surface area contributed by atoms with Gasteiger partial charge in [-0.15, -0.1) is 0 Å². The molecule has 0 spiro atoms. The van der Waals surface area contributed by atoms with Crippen molar-refractivity contribution in [3.05, 3.63) is 34.7 Å². The molecule has 144 valence electrons. The van der Waals surface area contributed by atoms with Crippen molar-refractivity contribution in [2.24, 2.45) is 11.3 Å². The number of piperidine rings is 1. The van der Waals surface area contributed by atoms with Crippen molar-refractivity contribution >= 4 is 16.9 Å². The normalized spacial score (nSPS) is 29.2. The molecule has 3 fully saturated rings. The Balaban J connectivity index is 1.33. The van der Waals surface area contributed by atoms with Crippen molar-refractivity contribution in [1.29, 1.82) is 0 Å². The highest BCUT2D eigenvalue weighted by Gasteiger charge is 2.51. The van der Waals surface area contributed by atoms with Crippen molar-refractivity contribution in [2.45, 2.75) is 44.6 Å². The van der Waals surface area contributed by atoms with E-state index in [0.717, 1.165) is 56.5 Å². The monoisotopic (exact) mass is 368 g/mol. The lowest BCUT2D eigenvalue weighted by atomic mass is 9.67. The van der Waals surface area contributed by atoms with Gasteiger partial charge in [0.15, 0.2) is 0 Å². The number of rotatable bonds is 2. The number of amides is 1. The van der Waals surface area contributed by atoms with Gasteiger partial charge < -0.3 is 15.2 Å².